The lowest BCUT2D eigenvalue weighted by atomic mass is 9.98. The van der Waals surface area contributed by atoms with Crippen molar-refractivity contribution in [2.45, 2.75) is 77.5 Å². The number of ether oxygens (including phenoxy) is 1. The molecule has 4 aromatic heterocycles. The summed E-state index contributed by atoms with van der Waals surface area (Å²) < 4.78 is 21.5. The summed E-state index contributed by atoms with van der Waals surface area (Å²) in [5.74, 6) is 0.606. The van der Waals surface area contributed by atoms with Gasteiger partial charge in [0.05, 0.1) is 43.0 Å². The van der Waals surface area contributed by atoms with Crippen molar-refractivity contribution >= 4 is 69.2 Å². The monoisotopic (exact) mass is 932 g/mol. The Labute approximate surface area is 358 Å². The van der Waals surface area contributed by atoms with Crippen LogP contribution in [0.15, 0.2) is 58.3 Å². The Bertz CT molecular complexity index is 2380. The summed E-state index contributed by atoms with van der Waals surface area (Å²) in [5.41, 5.74) is 6.72. The predicted octanol–water partition coefficient (Wildman–Crippen LogP) is 7.22. The number of carbonyl (C=O) groups excluding carboxylic acids is 4. The van der Waals surface area contributed by atoms with Crippen LogP contribution in [0.5, 0.6) is 0 Å². The molecular formula is C41H45IN10O8. The summed E-state index contributed by atoms with van der Waals surface area (Å²) in [6, 6.07) is 5.70. The number of oxazole rings is 2. The number of carbonyl (C=O) groups is 4. The Kier molecular flexibility index (Phi) is 11.5. The summed E-state index contributed by atoms with van der Waals surface area (Å²) >= 11 is 1.50. The second-order valence-corrected chi connectivity index (χ2v) is 16.2. The van der Waals surface area contributed by atoms with E-state index in [1.807, 2.05) is 52.0 Å². The third-order valence-corrected chi connectivity index (χ3v) is 11.8. The number of rotatable bonds is 11. The fourth-order valence-corrected chi connectivity index (χ4v) is 8.52. The Hall–Kier alpha value is -5.99. The summed E-state index contributed by atoms with van der Waals surface area (Å²) in [6.07, 6.45) is 7.97. The van der Waals surface area contributed by atoms with Gasteiger partial charge >= 0.3 is 12.2 Å². The highest BCUT2D eigenvalue weighted by molar-refractivity contribution is 14.1. The third-order valence-electron chi connectivity index (χ3n) is 11.4. The molecule has 18 nitrogen and oxygen atoms in total. The molecule has 4 N–H and O–H groups in total. The Balaban J connectivity index is 1.05. The Morgan fingerprint density at radius 1 is 0.700 bits per heavy atom. The van der Waals surface area contributed by atoms with E-state index < -0.39 is 24.3 Å². The molecule has 6 aromatic rings. The molecule has 0 bridgehead atoms. The smallest absolute Gasteiger partial charge is 0.417 e. The first-order chi connectivity index (χ1) is 29.0. The molecule has 2 aromatic carbocycles. The van der Waals surface area contributed by atoms with Crippen LogP contribution in [0.25, 0.3) is 55.8 Å². The Morgan fingerprint density at radius 2 is 1.13 bits per heavy atom. The quantitative estimate of drug-likeness (QED) is 0.0945. The third kappa shape index (κ3) is 7.54. The number of H-pyrrole nitrogens is 2. The van der Waals surface area contributed by atoms with Crippen molar-refractivity contribution in [2.75, 3.05) is 20.2 Å². The minimum atomic E-state index is -0.742. The van der Waals surface area contributed by atoms with E-state index in [1.54, 1.807) is 22.2 Å². The summed E-state index contributed by atoms with van der Waals surface area (Å²) in [4.78, 5) is 80.5. The zero-order valence-electron chi connectivity index (χ0n) is 33.7. The highest BCUT2D eigenvalue weighted by Crippen LogP contribution is 2.41. The highest BCUT2D eigenvalue weighted by atomic mass is 127. The van der Waals surface area contributed by atoms with Crippen molar-refractivity contribution in [2.24, 2.45) is 11.8 Å². The molecule has 4 atom stereocenters. The maximum atomic E-state index is 13.7. The predicted molar refractivity (Wildman–Crippen MR) is 226 cm³/mol. The number of likely N-dealkylation sites (tertiary alicyclic amines) is 2. The molecule has 0 unspecified atom stereocenters. The van der Waals surface area contributed by atoms with Crippen LogP contribution < -0.4 is 10.6 Å². The first-order valence-corrected chi connectivity index (χ1v) is 20.7. The second kappa shape index (κ2) is 16.9. The maximum absolute atomic E-state index is 13.7. The van der Waals surface area contributed by atoms with Gasteiger partial charge in [0.15, 0.2) is 47.0 Å². The molecule has 0 saturated carbocycles. The van der Waals surface area contributed by atoms with E-state index in [0.29, 0.717) is 58.3 Å². The molecule has 314 valence electrons. The molecule has 4 amide bonds. The Morgan fingerprint density at radius 3 is 1.55 bits per heavy atom. The van der Waals surface area contributed by atoms with Crippen molar-refractivity contribution in [1.29, 1.82) is 0 Å². The van der Waals surface area contributed by atoms with Gasteiger partial charge in [-0.25, -0.2) is 29.5 Å². The van der Waals surface area contributed by atoms with Crippen LogP contribution in [0.4, 0.5) is 9.59 Å². The average Bonchev–Trinajstić information content (AvgIpc) is 4.10. The molecule has 0 radical (unpaired) electrons. The molecule has 0 aliphatic carbocycles. The molecule has 8 rings (SSSR count). The van der Waals surface area contributed by atoms with Gasteiger partial charge in [-0.2, -0.15) is 0 Å². The molecule has 2 saturated heterocycles. The number of nitrogens with zero attached hydrogens (tertiary/aromatic N) is 6. The van der Waals surface area contributed by atoms with Crippen molar-refractivity contribution in [3.05, 3.63) is 61.1 Å². The van der Waals surface area contributed by atoms with E-state index >= 15 is 0 Å². The molecule has 6 heterocycles. The van der Waals surface area contributed by atoms with Crippen LogP contribution in [0, 0.1) is 11.8 Å². The number of fused-ring (bicyclic) bond motifs is 2. The van der Waals surface area contributed by atoms with Gasteiger partial charge in [-0.15, -0.1) is 0 Å². The van der Waals surface area contributed by atoms with Gasteiger partial charge in [0.1, 0.15) is 34.8 Å². The van der Waals surface area contributed by atoms with E-state index in [1.165, 1.54) is 42.9 Å². The fourth-order valence-electron chi connectivity index (χ4n) is 8.39. The maximum Gasteiger partial charge on any atom is 0.417 e. The van der Waals surface area contributed by atoms with E-state index in [4.69, 9.17) is 26.6 Å². The lowest BCUT2D eigenvalue weighted by Crippen LogP contribution is -2.51. The van der Waals surface area contributed by atoms with Crippen LogP contribution in [0.1, 0.15) is 77.1 Å². The first-order valence-electron chi connectivity index (χ1n) is 19.9. The lowest BCUT2D eigenvalue weighted by molar-refractivity contribution is -0.136. The first kappa shape index (κ1) is 40.8. The number of hydrogen-bond donors (Lipinski definition) is 4. The fraction of sp³-hybridized carbons (Fsp3) is 0.415. The minimum Gasteiger partial charge on any atom is -0.453 e. The number of nitrogens with one attached hydrogen (secondary N) is 4. The standard InChI is InChI=1S/C41H45IN10O8/c1-20(2)30(49-40(55)57-5)38(53)51-14-6-8-28(51)36-43-16-26(47-36)24-12-10-22(34-32(24)45-18-58-34)23-11-13-25(33-35(23)59-19-46-33)27-17-44-37(48-27)29-9-7-15-52(29)39(54)31(21(3)4)50-41(56)60-42/h10-13,16-21,28-31H,6-9,14-15H2,1-5H3,(H,43,47)(H,44,48)(H,49,55)(H,50,56)/t28-,29-,30-,31-/m0/s1. The van der Waals surface area contributed by atoms with Crippen LogP contribution in [0.2, 0.25) is 0 Å². The van der Waals surface area contributed by atoms with E-state index in [2.05, 4.69) is 30.6 Å². The van der Waals surface area contributed by atoms with Crippen LogP contribution in [-0.2, 0) is 17.4 Å². The topological polar surface area (TPSA) is 227 Å². The van der Waals surface area contributed by atoms with Crippen molar-refractivity contribution < 1.29 is 35.8 Å². The summed E-state index contributed by atoms with van der Waals surface area (Å²) in [6.45, 7) is 8.60. The molecule has 0 spiro atoms. The molecular weight excluding hydrogens is 887 g/mol. The van der Waals surface area contributed by atoms with Crippen molar-refractivity contribution in [3.63, 3.8) is 0 Å². The second-order valence-electron chi connectivity index (χ2n) is 15.7. The highest BCUT2D eigenvalue weighted by Gasteiger charge is 2.39. The average molecular weight is 933 g/mol. The van der Waals surface area contributed by atoms with Gasteiger partial charge in [-0.1, -0.05) is 27.7 Å². The number of imidazole rings is 2. The van der Waals surface area contributed by atoms with E-state index in [-0.39, 0.29) is 35.7 Å². The van der Waals surface area contributed by atoms with Gasteiger partial charge in [-0.3, -0.25) is 9.59 Å². The van der Waals surface area contributed by atoms with Crippen molar-refractivity contribution in [1.82, 2.24) is 50.3 Å². The van der Waals surface area contributed by atoms with Gasteiger partial charge in [0, 0.05) is 35.3 Å². The number of aromatic amines is 2. The SMILES string of the molecule is COC(=O)N[C@H](C(=O)N1CCC[C@H]1c1ncc(-c2ccc(-c3ccc(-c4cnc([C@@H]5CCCN5C(=O)[C@@H](NC(=O)OI)C(C)C)[nH]4)c4ncoc34)c3ocnc23)[nH]1)C(C)C. The zero-order chi connectivity index (χ0) is 42.2. The van der Waals surface area contributed by atoms with Crippen LogP contribution >= 0.6 is 23.0 Å². The van der Waals surface area contributed by atoms with Crippen LogP contribution in [0.3, 0.4) is 0 Å². The number of methoxy groups -OCH3 is 1. The normalized spacial score (nSPS) is 17.8. The van der Waals surface area contributed by atoms with E-state index in [9.17, 15) is 19.2 Å². The molecule has 2 aliphatic rings. The van der Waals surface area contributed by atoms with Gasteiger partial charge in [0.2, 0.25) is 11.8 Å². The lowest BCUT2D eigenvalue weighted by Gasteiger charge is -2.30. The molecule has 19 heteroatoms. The van der Waals surface area contributed by atoms with Gasteiger partial charge in [0.25, 0.3) is 0 Å². The van der Waals surface area contributed by atoms with Gasteiger partial charge < -0.3 is 47.0 Å². The van der Waals surface area contributed by atoms with Crippen molar-refractivity contribution in [3.8, 4) is 33.6 Å². The van der Waals surface area contributed by atoms with Gasteiger partial charge in [-0.05, 0) is 61.8 Å². The number of alkyl carbamates (subject to hydrolysis) is 1. The molecule has 2 fully saturated rings. The van der Waals surface area contributed by atoms with E-state index in [0.717, 1.165) is 47.9 Å². The number of halogens is 1. The zero-order valence-corrected chi connectivity index (χ0v) is 35.8. The minimum absolute atomic E-state index is 0.147. The summed E-state index contributed by atoms with van der Waals surface area (Å²) in [7, 11) is 1.27. The van der Waals surface area contributed by atoms with Crippen LogP contribution in [-0.4, -0.2) is 96.0 Å². The molecule has 2 aliphatic heterocycles. The number of amides is 4. The molecule has 60 heavy (non-hydrogen) atoms. The largest absolute Gasteiger partial charge is 0.453 e. The number of benzene rings is 2. The number of aromatic nitrogens is 6. The number of hydrogen-bond acceptors (Lipinski definition) is 12. The summed E-state index contributed by atoms with van der Waals surface area (Å²) in [5, 5.41) is 5.37.